The van der Waals surface area contributed by atoms with E-state index in [1.54, 1.807) is 0 Å². The molecule has 2 aromatic rings. The van der Waals surface area contributed by atoms with Gasteiger partial charge in [0.15, 0.2) is 0 Å². The molecule has 3 heteroatoms. The molecule has 0 heterocycles. The number of hydrogen-bond acceptors (Lipinski definition) is 3. The third-order valence-electron chi connectivity index (χ3n) is 2.20. The molecule has 2 rings (SSSR count). The standard InChI is InChI=1S/C12H13NOS/c15-13-7-8-14-12-6-5-10-3-1-2-4-11(10)9-12/h1-6,9,13,15H,7-8H2. The fraction of sp³-hybridized carbons (Fsp3) is 0.167. The third kappa shape index (κ3) is 2.64. The largest absolute Gasteiger partial charge is 0.492 e. The van der Waals surface area contributed by atoms with Crippen LogP contribution in [-0.2, 0) is 0 Å². The van der Waals surface area contributed by atoms with E-state index in [4.69, 9.17) is 4.74 Å². The Hall–Kier alpha value is -1.19. The molecule has 0 saturated heterocycles. The minimum Gasteiger partial charge on any atom is -0.492 e. The average Bonchev–Trinajstić information content (AvgIpc) is 2.29. The van der Waals surface area contributed by atoms with Crippen LogP contribution in [0.15, 0.2) is 42.5 Å². The summed E-state index contributed by atoms with van der Waals surface area (Å²) in [6.07, 6.45) is 0. The second-order valence-corrected chi connectivity index (χ2v) is 3.58. The van der Waals surface area contributed by atoms with Gasteiger partial charge in [0.25, 0.3) is 0 Å². The Morgan fingerprint density at radius 3 is 2.67 bits per heavy atom. The molecule has 0 radical (unpaired) electrons. The Balaban J connectivity index is 2.16. The van der Waals surface area contributed by atoms with E-state index in [0.717, 1.165) is 12.3 Å². The van der Waals surface area contributed by atoms with E-state index in [1.165, 1.54) is 10.8 Å². The van der Waals surface area contributed by atoms with E-state index in [0.29, 0.717) is 6.61 Å². The summed E-state index contributed by atoms with van der Waals surface area (Å²) in [4.78, 5) is 0. The van der Waals surface area contributed by atoms with E-state index in [2.05, 4.69) is 35.7 Å². The first kappa shape index (κ1) is 10.3. The second kappa shape index (κ2) is 5.05. The zero-order chi connectivity index (χ0) is 10.5. The maximum Gasteiger partial charge on any atom is 0.120 e. The van der Waals surface area contributed by atoms with Crippen molar-refractivity contribution in [2.75, 3.05) is 13.2 Å². The number of benzene rings is 2. The molecule has 0 atom stereocenters. The quantitative estimate of drug-likeness (QED) is 0.609. The van der Waals surface area contributed by atoms with Crippen LogP contribution in [0.5, 0.6) is 5.75 Å². The molecule has 78 valence electrons. The molecule has 1 N–H and O–H groups in total. The average molecular weight is 219 g/mol. The maximum absolute atomic E-state index is 5.54. The zero-order valence-corrected chi connectivity index (χ0v) is 9.21. The SMILES string of the molecule is SNCCOc1ccc2ccccc2c1. The summed E-state index contributed by atoms with van der Waals surface area (Å²) in [5, 5.41) is 2.44. The van der Waals surface area contributed by atoms with Crippen LogP contribution < -0.4 is 9.46 Å². The lowest BCUT2D eigenvalue weighted by atomic mass is 10.1. The predicted molar refractivity (Wildman–Crippen MR) is 66.4 cm³/mol. The smallest absolute Gasteiger partial charge is 0.120 e. The van der Waals surface area contributed by atoms with Crippen LogP contribution in [0.1, 0.15) is 0 Å². The fourth-order valence-corrected chi connectivity index (χ4v) is 1.56. The van der Waals surface area contributed by atoms with Gasteiger partial charge in [-0.15, -0.1) is 0 Å². The minimum atomic E-state index is 0.627. The van der Waals surface area contributed by atoms with Crippen LogP contribution in [0.3, 0.4) is 0 Å². The maximum atomic E-state index is 5.54. The first-order valence-corrected chi connectivity index (χ1v) is 5.33. The lowest BCUT2D eigenvalue weighted by Crippen LogP contribution is -2.11. The normalized spacial score (nSPS) is 10.5. The summed E-state index contributed by atoms with van der Waals surface area (Å²) >= 11 is 3.90. The summed E-state index contributed by atoms with van der Waals surface area (Å²) in [6.45, 7) is 1.36. The van der Waals surface area contributed by atoms with E-state index in [9.17, 15) is 0 Å². The van der Waals surface area contributed by atoms with Gasteiger partial charge in [-0.05, 0) is 22.9 Å². The predicted octanol–water partition coefficient (Wildman–Crippen LogP) is 2.65. The summed E-state index contributed by atoms with van der Waals surface area (Å²) in [5.41, 5.74) is 0. The molecular weight excluding hydrogens is 206 g/mol. The lowest BCUT2D eigenvalue weighted by molar-refractivity contribution is 0.325. The second-order valence-electron chi connectivity index (χ2n) is 3.27. The van der Waals surface area contributed by atoms with Crippen molar-refractivity contribution in [2.24, 2.45) is 0 Å². The topological polar surface area (TPSA) is 21.3 Å². The van der Waals surface area contributed by atoms with Crippen molar-refractivity contribution in [2.45, 2.75) is 0 Å². The van der Waals surface area contributed by atoms with Crippen molar-refractivity contribution in [1.29, 1.82) is 0 Å². The van der Waals surface area contributed by atoms with Crippen LogP contribution in [0, 0.1) is 0 Å². The lowest BCUT2D eigenvalue weighted by Gasteiger charge is -2.06. The van der Waals surface area contributed by atoms with Gasteiger partial charge in [-0.2, -0.15) is 0 Å². The first-order valence-electron chi connectivity index (χ1n) is 4.89. The highest BCUT2D eigenvalue weighted by molar-refractivity contribution is 7.78. The van der Waals surface area contributed by atoms with Gasteiger partial charge in [-0.3, -0.25) is 4.72 Å². The number of fused-ring (bicyclic) bond motifs is 1. The van der Waals surface area contributed by atoms with Crippen molar-refractivity contribution in [3.05, 3.63) is 42.5 Å². The van der Waals surface area contributed by atoms with Gasteiger partial charge in [-0.1, -0.05) is 43.1 Å². The Kier molecular flexibility index (Phi) is 3.48. The molecule has 2 nitrogen and oxygen atoms in total. The van der Waals surface area contributed by atoms with Gasteiger partial charge in [-0.25, -0.2) is 0 Å². The van der Waals surface area contributed by atoms with Gasteiger partial charge < -0.3 is 4.74 Å². The van der Waals surface area contributed by atoms with E-state index in [-0.39, 0.29) is 0 Å². The highest BCUT2D eigenvalue weighted by atomic mass is 32.1. The summed E-state index contributed by atoms with van der Waals surface area (Å²) in [7, 11) is 0. The van der Waals surface area contributed by atoms with Gasteiger partial charge in [0.05, 0.1) is 0 Å². The highest BCUT2D eigenvalue weighted by Crippen LogP contribution is 2.20. The molecule has 0 unspecified atom stereocenters. The molecule has 15 heavy (non-hydrogen) atoms. The van der Waals surface area contributed by atoms with Crippen LogP contribution in [0.25, 0.3) is 10.8 Å². The molecule has 0 aliphatic heterocycles. The summed E-state index contributed by atoms with van der Waals surface area (Å²) in [6, 6.07) is 14.3. The Bertz CT molecular complexity index is 444. The van der Waals surface area contributed by atoms with Crippen molar-refractivity contribution in [1.82, 2.24) is 4.72 Å². The fourth-order valence-electron chi connectivity index (χ4n) is 1.47. The van der Waals surface area contributed by atoms with Crippen LogP contribution >= 0.6 is 12.8 Å². The number of ether oxygens (including phenoxy) is 1. The van der Waals surface area contributed by atoms with Gasteiger partial charge >= 0.3 is 0 Å². The number of nitrogens with one attached hydrogen (secondary N) is 1. The number of thiol groups is 1. The molecule has 0 fully saturated rings. The highest BCUT2D eigenvalue weighted by Gasteiger charge is 1.96. The van der Waals surface area contributed by atoms with Crippen molar-refractivity contribution in [3.63, 3.8) is 0 Å². The van der Waals surface area contributed by atoms with Gasteiger partial charge in [0.1, 0.15) is 12.4 Å². The van der Waals surface area contributed by atoms with Crippen LogP contribution in [0.4, 0.5) is 0 Å². The molecule has 0 aliphatic rings. The third-order valence-corrected chi connectivity index (χ3v) is 2.43. The van der Waals surface area contributed by atoms with Crippen molar-refractivity contribution < 1.29 is 4.74 Å². The molecular formula is C12H13NOS. The van der Waals surface area contributed by atoms with Crippen LogP contribution in [-0.4, -0.2) is 13.2 Å². The molecule has 0 amide bonds. The Morgan fingerprint density at radius 2 is 1.87 bits per heavy atom. The summed E-state index contributed by atoms with van der Waals surface area (Å²) in [5.74, 6) is 0.900. The molecule has 0 bridgehead atoms. The zero-order valence-electron chi connectivity index (χ0n) is 8.31. The molecule has 2 aromatic carbocycles. The minimum absolute atomic E-state index is 0.627. The van der Waals surface area contributed by atoms with Crippen LogP contribution in [0.2, 0.25) is 0 Å². The van der Waals surface area contributed by atoms with E-state index in [1.807, 2.05) is 24.3 Å². The Morgan fingerprint density at radius 1 is 1.07 bits per heavy atom. The van der Waals surface area contributed by atoms with Crippen molar-refractivity contribution in [3.8, 4) is 5.75 Å². The van der Waals surface area contributed by atoms with E-state index >= 15 is 0 Å². The van der Waals surface area contributed by atoms with E-state index < -0.39 is 0 Å². The molecule has 0 saturated carbocycles. The number of rotatable bonds is 4. The number of hydrogen-bond donors (Lipinski definition) is 2. The molecule has 0 aromatic heterocycles. The van der Waals surface area contributed by atoms with Gasteiger partial charge in [0.2, 0.25) is 0 Å². The molecule has 0 aliphatic carbocycles. The van der Waals surface area contributed by atoms with Gasteiger partial charge in [0, 0.05) is 6.54 Å². The van der Waals surface area contributed by atoms with Crippen molar-refractivity contribution >= 4 is 23.6 Å². The first-order chi connectivity index (χ1) is 7.40. The molecule has 0 spiro atoms. The monoisotopic (exact) mass is 219 g/mol. The Labute approximate surface area is 94.8 Å². The summed E-state index contributed by atoms with van der Waals surface area (Å²) < 4.78 is 8.29.